The molecular formula is C6H6N5Y-. The van der Waals surface area contributed by atoms with Gasteiger partial charge in [0, 0.05) is 49.9 Å². The van der Waals surface area contributed by atoms with E-state index in [9.17, 15) is 0 Å². The first-order valence-corrected chi connectivity index (χ1v) is 3.05. The molecule has 1 aliphatic rings. The number of fused-ring (bicyclic) bond motifs is 1. The molecule has 0 saturated heterocycles. The van der Waals surface area contributed by atoms with E-state index >= 15 is 0 Å². The molecular weight excluding hydrogens is 231 g/mol. The fourth-order valence-electron chi connectivity index (χ4n) is 0.911. The maximum Gasteiger partial charge on any atom is 0.125 e. The van der Waals surface area contributed by atoms with Crippen molar-refractivity contribution in [2.45, 2.75) is 0 Å². The normalized spacial score (nSPS) is 14.0. The van der Waals surface area contributed by atoms with Crippen molar-refractivity contribution in [2.24, 2.45) is 10.7 Å². The summed E-state index contributed by atoms with van der Waals surface area (Å²) in [7, 11) is 0. The van der Waals surface area contributed by atoms with Gasteiger partial charge in [-0.2, -0.15) is 0 Å². The molecule has 2 rings (SSSR count). The van der Waals surface area contributed by atoms with E-state index in [4.69, 9.17) is 5.73 Å². The summed E-state index contributed by atoms with van der Waals surface area (Å²) >= 11 is 0. The number of rotatable bonds is 0. The zero-order chi connectivity index (χ0) is 7.84. The average Bonchev–Trinajstić information content (AvgIpc) is 2.34. The van der Waals surface area contributed by atoms with Crippen molar-refractivity contribution in [2.75, 3.05) is 0 Å². The number of hydrogen-bond donors (Lipinski definition) is 2. The van der Waals surface area contributed by atoms with Crippen molar-refractivity contribution >= 4 is 17.5 Å². The van der Waals surface area contributed by atoms with Crippen LogP contribution in [0, 0.1) is 0 Å². The number of hydrogen-bond acceptors (Lipinski definition) is 4. The molecule has 0 amide bonds. The second kappa shape index (κ2) is 3.37. The molecule has 2 heterocycles. The van der Waals surface area contributed by atoms with Gasteiger partial charge in [0.25, 0.3) is 0 Å². The SMILES string of the molecule is C=C1NC(N)=Nc2[n-]cnc21.[Y]. The van der Waals surface area contributed by atoms with Crippen molar-refractivity contribution in [1.82, 2.24) is 15.3 Å². The summed E-state index contributed by atoms with van der Waals surface area (Å²) < 4.78 is 0. The number of nitrogens with two attached hydrogens (primary N) is 1. The van der Waals surface area contributed by atoms with Crippen LogP contribution >= 0.6 is 0 Å². The largest absolute Gasteiger partial charge is 0.383 e. The Morgan fingerprint density at radius 2 is 2.33 bits per heavy atom. The van der Waals surface area contributed by atoms with Gasteiger partial charge in [-0.25, -0.2) is 0 Å². The molecule has 0 saturated carbocycles. The van der Waals surface area contributed by atoms with Crippen LogP contribution in [0.4, 0.5) is 5.82 Å². The van der Waals surface area contributed by atoms with E-state index in [1.165, 1.54) is 6.33 Å². The predicted octanol–water partition coefficient (Wildman–Crippen LogP) is -0.444. The molecule has 0 unspecified atom stereocenters. The number of guanidine groups is 1. The second-order valence-electron chi connectivity index (χ2n) is 2.15. The Bertz CT molecular complexity index is 339. The van der Waals surface area contributed by atoms with E-state index in [0.717, 1.165) is 0 Å². The van der Waals surface area contributed by atoms with Gasteiger partial charge in [0.1, 0.15) is 5.96 Å². The average molecular weight is 237 g/mol. The van der Waals surface area contributed by atoms with Gasteiger partial charge in [0.15, 0.2) is 0 Å². The van der Waals surface area contributed by atoms with Crippen LogP contribution in [-0.4, -0.2) is 10.9 Å². The predicted molar refractivity (Wildman–Crippen MR) is 41.0 cm³/mol. The Morgan fingerprint density at radius 1 is 1.58 bits per heavy atom. The van der Waals surface area contributed by atoms with Crippen LogP contribution in [0.1, 0.15) is 5.69 Å². The van der Waals surface area contributed by atoms with E-state index in [1.807, 2.05) is 0 Å². The molecule has 0 fully saturated rings. The van der Waals surface area contributed by atoms with E-state index < -0.39 is 0 Å². The first kappa shape index (κ1) is 9.41. The minimum absolute atomic E-state index is 0. The molecule has 1 aromatic rings. The third-order valence-electron chi connectivity index (χ3n) is 1.37. The zero-order valence-electron chi connectivity index (χ0n) is 6.28. The van der Waals surface area contributed by atoms with Gasteiger partial charge in [-0.05, 0) is 6.33 Å². The van der Waals surface area contributed by atoms with Crippen molar-refractivity contribution in [1.29, 1.82) is 0 Å². The summed E-state index contributed by atoms with van der Waals surface area (Å²) in [6.07, 6.45) is 1.43. The summed E-state index contributed by atoms with van der Waals surface area (Å²) in [5.41, 5.74) is 6.72. The molecule has 1 aromatic heterocycles. The van der Waals surface area contributed by atoms with Crippen LogP contribution in [0.25, 0.3) is 5.70 Å². The molecule has 5 nitrogen and oxygen atoms in total. The number of nitrogens with one attached hydrogen (secondary N) is 1. The maximum absolute atomic E-state index is 5.41. The number of nitrogens with zero attached hydrogens (tertiary/aromatic N) is 3. The molecule has 0 aromatic carbocycles. The third kappa shape index (κ3) is 1.42. The standard InChI is InChI=1S/C6H6N5.Y/c1-3-4-5(9-2-8-4)11-6(7)10-3;/h2H,1H2,(H3-,7,8,9,10,11);/q-1;. The summed E-state index contributed by atoms with van der Waals surface area (Å²) in [6, 6.07) is 0. The van der Waals surface area contributed by atoms with Crippen molar-refractivity contribution < 1.29 is 32.7 Å². The Labute approximate surface area is 94.4 Å². The van der Waals surface area contributed by atoms with Crippen LogP contribution in [0.15, 0.2) is 17.9 Å². The van der Waals surface area contributed by atoms with E-state index in [2.05, 4.69) is 26.9 Å². The zero-order valence-corrected chi connectivity index (χ0v) is 9.12. The Morgan fingerprint density at radius 3 is 3.08 bits per heavy atom. The molecule has 12 heavy (non-hydrogen) atoms. The van der Waals surface area contributed by atoms with Crippen molar-refractivity contribution in [3.63, 3.8) is 0 Å². The molecule has 3 N–H and O–H groups in total. The summed E-state index contributed by atoms with van der Waals surface area (Å²) in [5, 5.41) is 2.75. The van der Waals surface area contributed by atoms with Crippen LogP contribution in [-0.2, 0) is 32.7 Å². The van der Waals surface area contributed by atoms with Gasteiger partial charge in [0.05, 0.1) is 0 Å². The quantitative estimate of drug-likeness (QED) is 0.641. The Balaban J connectivity index is 0.000000720. The Kier molecular flexibility index (Phi) is 2.64. The van der Waals surface area contributed by atoms with Gasteiger partial charge in [0.2, 0.25) is 0 Å². The summed E-state index contributed by atoms with van der Waals surface area (Å²) in [5.74, 6) is 0.842. The van der Waals surface area contributed by atoms with E-state index in [-0.39, 0.29) is 32.7 Å². The summed E-state index contributed by atoms with van der Waals surface area (Å²) in [6.45, 7) is 3.70. The Hall–Kier alpha value is -0.676. The van der Waals surface area contributed by atoms with Gasteiger partial charge < -0.3 is 26.0 Å². The van der Waals surface area contributed by atoms with Gasteiger partial charge >= 0.3 is 0 Å². The van der Waals surface area contributed by atoms with Crippen LogP contribution in [0.5, 0.6) is 0 Å². The van der Waals surface area contributed by atoms with Crippen LogP contribution in [0.2, 0.25) is 0 Å². The topological polar surface area (TPSA) is 77.4 Å². The number of imidazole rings is 1. The van der Waals surface area contributed by atoms with E-state index in [0.29, 0.717) is 23.2 Å². The van der Waals surface area contributed by atoms with Crippen molar-refractivity contribution in [3.05, 3.63) is 18.6 Å². The second-order valence-corrected chi connectivity index (χ2v) is 2.15. The molecule has 1 aliphatic heterocycles. The molecule has 0 atom stereocenters. The van der Waals surface area contributed by atoms with Crippen LogP contribution in [0.3, 0.4) is 0 Å². The van der Waals surface area contributed by atoms with Gasteiger partial charge in [-0.3, -0.25) is 0 Å². The molecule has 6 heteroatoms. The smallest absolute Gasteiger partial charge is 0.125 e. The minimum Gasteiger partial charge on any atom is -0.383 e. The monoisotopic (exact) mass is 237 g/mol. The van der Waals surface area contributed by atoms with Crippen molar-refractivity contribution in [3.8, 4) is 0 Å². The fourth-order valence-corrected chi connectivity index (χ4v) is 0.911. The maximum atomic E-state index is 5.41. The minimum atomic E-state index is 0. The summed E-state index contributed by atoms with van der Waals surface area (Å²) in [4.78, 5) is 11.7. The molecule has 59 valence electrons. The van der Waals surface area contributed by atoms with Gasteiger partial charge in [-0.1, -0.05) is 6.58 Å². The number of aromatic nitrogens is 2. The fraction of sp³-hybridized carbons (Fsp3) is 0. The first-order valence-electron chi connectivity index (χ1n) is 3.05. The molecule has 0 aliphatic carbocycles. The molecule has 1 radical (unpaired) electrons. The molecule has 0 bridgehead atoms. The third-order valence-corrected chi connectivity index (χ3v) is 1.37. The van der Waals surface area contributed by atoms with E-state index in [1.54, 1.807) is 0 Å². The molecule has 0 spiro atoms. The van der Waals surface area contributed by atoms with Gasteiger partial charge in [-0.15, -0.1) is 0 Å². The first-order chi connectivity index (χ1) is 5.27. The van der Waals surface area contributed by atoms with Crippen LogP contribution < -0.4 is 16.0 Å². The number of aliphatic imine (C=N–C) groups is 1.